The Kier molecular flexibility index (Phi) is 5.63. The summed E-state index contributed by atoms with van der Waals surface area (Å²) in [5, 5.41) is 0.660. The molecule has 0 aliphatic heterocycles. The summed E-state index contributed by atoms with van der Waals surface area (Å²) < 4.78 is 5.66. The van der Waals surface area contributed by atoms with Crippen LogP contribution >= 0.6 is 31.8 Å². The molecule has 0 N–H and O–H groups in total. The van der Waals surface area contributed by atoms with Crippen molar-refractivity contribution in [2.24, 2.45) is 9.42 Å². The fourth-order valence-corrected chi connectivity index (χ4v) is 6.37. The van der Waals surface area contributed by atoms with Crippen LogP contribution in [0, 0.1) is 5.41 Å². The molecule has 0 amide bonds. The number of hydrogen-bond donors (Lipinski definition) is 0. The zero-order chi connectivity index (χ0) is 16.4. The predicted octanol–water partition coefficient (Wildman–Crippen LogP) is 5.50. The summed E-state index contributed by atoms with van der Waals surface area (Å²) in [6.07, 6.45) is 0. The van der Waals surface area contributed by atoms with E-state index in [1.165, 1.54) is 0 Å². The first kappa shape index (κ1) is 17.8. The van der Waals surface area contributed by atoms with E-state index < -0.39 is 11.2 Å². The van der Waals surface area contributed by atoms with Crippen molar-refractivity contribution in [3.05, 3.63) is 65.2 Å². The van der Waals surface area contributed by atoms with E-state index in [4.69, 9.17) is 35.8 Å². The molecule has 118 valence electrons. The summed E-state index contributed by atoms with van der Waals surface area (Å²) in [5.74, 6) is 0. The van der Waals surface area contributed by atoms with Gasteiger partial charge >= 0.3 is 149 Å². The minimum atomic E-state index is -3.19. The van der Waals surface area contributed by atoms with Crippen molar-refractivity contribution >= 4 is 53.2 Å². The molecule has 2 rings (SSSR count). The predicted molar refractivity (Wildman–Crippen MR) is 101 cm³/mol. The van der Waals surface area contributed by atoms with Crippen molar-refractivity contribution in [3.8, 4) is 0 Å². The first-order valence-corrected chi connectivity index (χ1v) is 13.3. The molecule has 0 atom stereocenters. The van der Waals surface area contributed by atoms with Crippen molar-refractivity contribution in [3.63, 3.8) is 0 Å². The molecule has 1 nitrogen and oxygen atoms in total. The van der Waals surface area contributed by atoms with Gasteiger partial charge in [-0.15, -0.1) is 0 Å². The quantitative estimate of drug-likeness (QED) is 0.458. The van der Waals surface area contributed by atoms with Crippen molar-refractivity contribution in [1.82, 2.24) is 0 Å². The Morgan fingerprint density at radius 2 is 1.45 bits per heavy atom. The molecule has 2 aromatic carbocycles. The maximum absolute atomic E-state index is 6.66. The Bertz CT molecular complexity index is 659. The molecule has 0 aromatic heterocycles. The van der Waals surface area contributed by atoms with Crippen LogP contribution in [-0.2, 0) is 0 Å². The molecule has 0 unspecified atom stereocenters. The van der Waals surface area contributed by atoms with E-state index in [9.17, 15) is 0 Å². The Labute approximate surface area is 148 Å². The fourth-order valence-electron chi connectivity index (χ4n) is 1.98. The van der Waals surface area contributed by atoms with Gasteiger partial charge in [-0.1, -0.05) is 0 Å². The second-order valence-electron chi connectivity index (χ2n) is 5.95. The van der Waals surface area contributed by atoms with Gasteiger partial charge in [0.05, 0.1) is 0 Å². The molecular formula is C17H18Cl3NSe. The fraction of sp³-hybridized carbons (Fsp3) is 0.235. The van der Waals surface area contributed by atoms with Crippen LogP contribution in [0.3, 0.4) is 0 Å². The number of nitrogens with zero attached hydrogens (tertiary/aromatic N) is 1. The average Bonchev–Trinajstić information content (AvgIpc) is 2.45. The second-order valence-corrected chi connectivity index (χ2v) is 15.1. The molecule has 0 saturated heterocycles. The van der Waals surface area contributed by atoms with Crippen molar-refractivity contribution in [1.29, 1.82) is 0 Å². The molecule has 0 radical (unpaired) electrons. The van der Waals surface area contributed by atoms with Crippen LogP contribution in [-0.4, -0.2) is 17.0 Å². The van der Waals surface area contributed by atoms with Crippen LogP contribution in [0.15, 0.2) is 58.6 Å². The van der Waals surface area contributed by atoms with E-state index in [1.54, 1.807) is 12.1 Å². The van der Waals surface area contributed by atoms with Gasteiger partial charge in [0, 0.05) is 0 Å². The summed E-state index contributed by atoms with van der Waals surface area (Å²) in [6, 6.07) is 17.3. The standard InChI is InChI=1S/C17H18Cl3NSe/c1-17(2,3)16(13-7-5-4-6-8-13)21-22(19,20)15-11-9-14(18)10-12-15/h4-12H,1-3H3/b21-16+. The van der Waals surface area contributed by atoms with Crippen LogP contribution in [0.2, 0.25) is 5.02 Å². The molecular weight excluding hydrogens is 404 g/mol. The number of hydrogen-bond acceptors (Lipinski definition) is 1. The zero-order valence-electron chi connectivity index (χ0n) is 12.7. The Hall–Kier alpha value is -0.501. The van der Waals surface area contributed by atoms with Crippen LogP contribution in [0.1, 0.15) is 26.3 Å². The third kappa shape index (κ3) is 4.50. The van der Waals surface area contributed by atoms with Gasteiger partial charge in [0.15, 0.2) is 0 Å². The van der Waals surface area contributed by atoms with Gasteiger partial charge in [-0.3, -0.25) is 0 Å². The van der Waals surface area contributed by atoms with Crippen LogP contribution in [0.25, 0.3) is 0 Å². The maximum atomic E-state index is 6.66. The molecule has 0 spiro atoms. The van der Waals surface area contributed by atoms with E-state index in [0.717, 1.165) is 15.7 Å². The van der Waals surface area contributed by atoms with Crippen LogP contribution < -0.4 is 4.46 Å². The van der Waals surface area contributed by atoms with Crippen molar-refractivity contribution in [2.75, 3.05) is 0 Å². The molecule has 0 aliphatic rings. The topological polar surface area (TPSA) is 12.4 Å². The van der Waals surface area contributed by atoms with Gasteiger partial charge < -0.3 is 0 Å². The first-order valence-electron chi connectivity index (χ1n) is 6.84. The average molecular weight is 422 g/mol. The van der Waals surface area contributed by atoms with Crippen molar-refractivity contribution < 1.29 is 0 Å². The van der Waals surface area contributed by atoms with E-state index >= 15 is 0 Å². The van der Waals surface area contributed by atoms with Gasteiger partial charge in [-0.2, -0.15) is 0 Å². The molecule has 0 aliphatic carbocycles. The van der Waals surface area contributed by atoms with Gasteiger partial charge in [0.2, 0.25) is 0 Å². The summed E-state index contributed by atoms with van der Waals surface area (Å²) in [5.41, 5.74) is 1.82. The molecule has 22 heavy (non-hydrogen) atoms. The minimum absolute atomic E-state index is 0.153. The van der Waals surface area contributed by atoms with E-state index in [0.29, 0.717) is 5.02 Å². The third-order valence-electron chi connectivity index (χ3n) is 3.06. The van der Waals surface area contributed by atoms with Gasteiger partial charge in [0.1, 0.15) is 0 Å². The second kappa shape index (κ2) is 6.95. The monoisotopic (exact) mass is 421 g/mol. The molecule has 0 fully saturated rings. The normalized spacial score (nSPS) is 14.0. The number of halogens is 3. The van der Waals surface area contributed by atoms with Crippen LogP contribution in [0.5, 0.6) is 0 Å². The molecule has 0 heterocycles. The van der Waals surface area contributed by atoms with Crippen molar-refractivity contribution in [2.45, 2.75) is 20.8 Å². The SMILES string of the molecule is CC(C)(C)/C(=N/[Se](Cl)(Cl)c1ccc(Cl)cc1)c1ccccc1. The van der Waals surface area contributed by atoms with Gasteiger partial charge in [0.25, 0.3) is 0 Å². The van der Waals surface area contributed by atoms with E-state index in [-0.39, 0.29) is 5.41 Å². The molecule has 2 aromatic rings. The van der Waals surface area contributed by atoms with Gasteiger partial charge in [-0.05, 0) is 0 Å². The Morgan fingerprint density at radius 3 is 1.95 bits per heavy atom. The number of rotatable bonds is 3. The first-order chi connectivity index (χ1) is 10.2. The molecule has 0 saturated carbocycles. The Balaban J connectivity index is 2.51. The van der Waals surface area contributed by atoms with Crippen LogP contribution in [0.4, 0.5) is 0 Å². The molecule has 5 heteroatoms. The summed E-state index contributed by atoms with van der Waals surface area (Å²) in [7, 11) is 13.3. The zero-order valence-corrected chi connectivity index (χ0v) is 16.7. The molecule has 0 bridgehead atoms. The third-order valence-corrected chi connectivity index (χ3v) is 8.51. The summed E-state index contributed by atoms with van der Waals surface area (Å²) in [4.78, 5) is 0. The number of benzene rings is 2. The Morgan fingerprint density at radius 1 is 0.909 bits per heavy atom. The van der Waals surface area contributed by atoms with Gasteiger partial charge in [-0.25, -0.2) is 0 Å². The summed E-state index contributed by atoms with van der Waals surface area (Å²) in [6.45, 7) is 6.34. The summed E-state index contributed by atoms with van der Waals surface area (Å²) >= 11 is 2.74. The van der Waals surface area contributed by atoms with E-state index in [1.807, 2.05) is 42.5 Å². The van der Waals surface area contributed by atoms with E-state index in [2.05, 4.69) is 20.8 Å².